The molecular formula is C28H28N2O3. The van der Waals surface area contributed by atoms with Crippen molar-refractivity contribution in [2.24, 2.45) is 0 Å². The topological polar surface area (TPSA) is 49.9 Å². The first-order valence-corrected chi connectivity index (χ1v) is 11.6. The van der Waals surface area contributed by atoms with Gasteiger partial charge in [-0.25, -0.2) is 4.79 Å². The molecular weight excluding hydrogens is 412 g/mol. The highest BCUT2D eigenvalue weighted by atomic mass is 16.5. The van der Waals surface area contributed by atoms with E-state index in [4.69, 9.17) is 4.74 Å². The molecule has 2 heterocycles. The van der Waals surface area contributed by atoms with Gasteiger partial charge in [-0.2, -0.15) is 0 Å². The molecule has 1 atom stereocenters. The number of esters is 1. The van der Waals surface area contributed by atoms with Gasteiger partial charge in [0.1, 0.15) is 6.10 Å². The van der Waals surface area contributed by atoms with Gasteiger partial charge in [-0.3, -0.25) is 9.69 Å². The molecule has 0 radical (unpaired) electrons. The van der Waals surface area contributed by atoms with E-state index in [9.17, 15) is 9.59 Å². The van der Waals surface area contributed by atoms with E-state index in [1.54, 1.807) is 12.1 Å². The fraction of sp³-hybridized carbons (Fsp3) is 0.286. The smallest absolute Gasteiger partial charge is 0.339 e. The van der Waals surface area contributed by atoms with Crippen molar-refractivity contribution >= 4 is 11.9 Å². The molecule has 0 aromatic heterocycles. The number of cyclic esters (lactones) is 1. The molecule has 1 unspecified atom stereocenters. The first kappa shape index (κ1) is 21.4. The molecule has 2 aliphatic rings. The second kappa shape index (κ2) is 9.59. The SMILES string of the molecule is O=C1OC(c2ccccc2)Cc2cc(C(=O)N3CCCN(Cc4ccccc4)CC3)ccc21. The van der Waals surface area contributed by atoms with Crippen LogP contribution in [-0.2, 0) is 17.7 Å². The molecule has 5 nitrogen and oxygen atoms in total. The number of hydrogen-bond acceptors (Lipinski definition) is 4. The van der Waals surface area contributed by atoms with Crippen LogP contribution in [0.5, 0.6) is 0 Å². The average molecular weight is 441 g/mol. The maximum Gasteiger partial charge on any atom is 0.339 e. The Morgan fingerprint density at radius 1 is 0.879 bits per heavy atom. The molecule has 3 aromatic carbocycles. The standard InChI is InChI=1S/C28H28N2O3/c31-27(30-15-7-14-29(16-17-30)20-21-8-3-1-4-9-21)23-12-13-25-24(18-23)19-26(33-28(25)32)22-10-5-2-6-11-22/h1-6,8-13,18,26H,7,14-17,19-20H2. The summed E-state index contributed by atoms with van der Waals surface area (Å²) in [6.45, 7) is 4.19. The molecule has 5 heteroatoms. The van der Waals surface area contributed by atoms with Crippen molar-refractivity contribution in [3.05, 3.63) is 107 Å². The molecule has 33 heavy (non-hydrogen) atoms. The Bertz CT molecular complexity index is 1130. The summed E-state index contributed by atoms with van der Waals surface area (Å²) >= 11 is 0. The minimum absolute atomic E-state index is 0.0366. The summed E-state index contributed by atoms with van der Waals surface area (Å²) in [4.78, 5) is 30.2. The fourth-order valence-electron chi connectivity index (χ4n) is 4.74. The lowest BCUT2D eigenvalue weighted by Crippen LogP contribution is -2.35. The summed E-state index contributed by atoms with van der Waals surface area (Å²) in [5, 5.41) is 0. The van der Waals surface area contributed by atoms with Gasteiger partial charge in [0.05, 0.1) is 5.56 Å². The fourth-order valence-corrected chi connectivity index (χ4v) is 4.74. The van der Waals surface area contributed by atoms with E-state index in [1.165, 1.54) is 5.56 Å². The van der Waals surface area contributed by atoms with E-state index in [-0.39, 0.29) is 18.0 Å². The van der Waals surface area contributed by atoms with Crippen molar-refractivity contribution in [3.63, 3.8) is 0 Å². The number of benzene rings is 3. The Balaban J connectivity index is 1.28. The van der Waals surface area contributed by atoms with Crippen LogP contribution in [0.1, 0.15) is 49.9 Å². The number of fused-ring (bicyclic) bond motifs is 1. The number of hydrogen-bond donors (Lipinski definition) is 0. The third kappa shape index (κ3) is 4.83. The van der Waals surface area contributed by atoms with Gasteiger partial charge in [-0.05, 0) is 41.3 Å². The third-order valence-corrected chi connectivity index (χ3v) is 6.52. The monoisotopic (exact) mass is 440 g/mol. The Labute approximate surface area is 194 Å². The molecule has 1 fully saturated rings. The van der Waals surface area contributed by atoms with E-state index >= 15 is 0 Å². The summed E-state index contributed by atoms with van der Waals surface area (Å²) < 4.78 is 5.65. The number of nitrogens with zero attached hydrogens (tertiary/aromatic N) is 2. The van der Waals surface area contributed by atoms with Gasteiger partial charge in [0, 0.05) is 44.7 Å². The van der Waals surface area contributed by atoms with Crippen molar-refractivity contribution in [2.75, 3.05) is 26.2 Å². The molecule has 1 amide bonds. The quantitative estimate of drug-likeness (QED) is 0.561. The van der Waals surface area contributed by atoms with E-state index in [0.717, 1.165) is 43.7 Å². The molecule has 0 saturated carbocycles. The van der Waals surface area contributed by atoms with Crippen molar-refractivity contribution in [1.82, 2.24) is 9.80 Å². The Hall–Kier alpha value is -3.44. The van der Waals surface area contributed by atoms with Crippen LogP contribution in [0, 0.1) is 0 Å². The lowest BCUT2D eigenvalue weighted by Gasteiger charge is -2.26. The minimum atomic E-state index is -0.324. The lowest BCUT2D eigenvalue weighted by atomic mass is 9.93. The first-order chi connectivity index (χ1) is 16.2. The maximum atomic E-state index is 13.3. The first-order valence-electron chi connectivity index (χ1n) is 11.6. The number of amides is 1. The molecule has 2 aliphatic heterocycles. The van der Waals surface area contributed by atoms with Crippen LogP contribution in [0.2, 0.25) is 0 Å². The Kier molecular flexibility index (Phi) is 6.22. The summed E-state index contributed by atoms with van der Waals surface area (Å²) in [6.07, 6.45) is 1.21. The van der Waals surface area contributed by atoms with Gasteiger partial charge in [-0.1, -0.05) is 60.7 Å². The molecule has 0 spiro atoms. The van der Waals surface area contributed by atoms with Crippen LogP contribution >= 0.6 is 0 Å². The van der Waals surface area contributed by atoms with Gasteiger partial charge in [0.25, 0.3) is 5.91 Å². The zero-order valence-corrected chi connectivity index (χ0v) is 18.7. The molecule has 168 valence electrons. The summed E-state index contributed by atoms with van der Waals surface area (Å²) in [6, 6.07) is 25.6. The highest BCUT2D eigenvalue weighted by Gasteiger charge is 2.29. The Morgan fingerprint density at radius 3 is 2.42 bits per heavy atom. The van der Waals surface area contributed by atoms with E-state index in [2.05, 4.69) is 29.2 Å². The van der Waals surface area contributed by atoms with Gasteiger partial charge >= 0.3 is 5.97 Å². The van der Waals surface area contributed by atoms with Crippen molar-refractivity contribution in [1.29, 1.82) is 0 Å². The number of carbonyl (C=O) groups is 2. The number of carbonyl (C=O) groups excluding carboxylic acids is 2. The highest BCUT2D eigenvalue weighted by molar-refractivity contribution is 5.97. The van der Waals surface area contributed by atoms with E-state index in [1.807, 2.05) is 47.4 Å². The summed E-state index contributed by atoms with van der Waals surface area (Å²) in [7, 11) is 0. The average Bonchev–Trinajstić information content (AvgIpc) is 3.10. The van der Waals surface area contributed by atoms with E-state index in [0.29, 0.717) is 24.1 Å². The zero-order chi connectivity index (χ0) is 22.6. The predicted molar refractivity (Wildman–Crippen MR) is 127 cm³/mol. The molecule has 5 rings (SSSR count). The van der Waals surface area contributed by atoms with Crippen LogP contribution in [0.15, 0.2) is 78.9 Å². The molecule has 3 aromatic rings. The van der Waals surface area contributed by atoms with Crippen LogP contribution in [0.3, 0.4) is 0 Å². The second-order valence-corrected chi connectivity index (χ2v) is 8.79. The Morgan fingerprint density at radius 2 is 1.64 bits per heavy atom. The highest BCUT2D eigenvalue weighted by Crippen LogP contribution is 2.31. The van der Waals surface area contributed by atoms with Crippen molar-refractivity contribution in [2.45, 2.75) is 25.5 Å². The molecule has 0 aliphatic carbocycles. The number of rotatable bonds is 4. The third-order valence-electron chi connectivity index (χ3n) is 6.52. The van der Waals surface area contributed by atoms with Crippen LogP contribution in [0.4, 0.5) is 0 Å². The zero-order valence-electron chi connectivity index (χ0n) is 18.7. The van der Waals surface area contributed by atoms with Crippen molar-refractivity contribution in [3.8, 4) is 0 Å². The van der Waals surface area contributed by atoms with Crippen LogP contribution < -0.4 is 0 Å². The van der Waals surface area contributed by atoms with Crippen LogP contribution in [0.25, 0.3) is 0 Å². The van der Waals surface area contributed by atoms with Crippen molar-refractivity contribution < 1.29 is 14.3 Å². The summed E-state index contributed by atoms with van der Waals surface area (Å²) in [5.74, 6) is -0.287. The van der Waals surface area contributed by atoms with E-state index < -0.39 is 0 Å². The molecule has 0 N–H and O–H groups in total. The van der Waals surface area contributed by atoms with Gasteiger partial charge < -0.3 is 9.64 Å². The minimum Gasteiger partial charge on any atom is -0.454 e. The molecule has 0 bridgehead atoms. The largest absolute Gasteiger partial charge is 0.454 e. The van der Waals surface area contributed by atoms with Crippen LogP contribution in [-0.4, -0.2) is 47.9 Å². The normalized spacial score (nSPS) is 18.8. The predicted octanol–water partition coefficient (Wildman–Crippen LogP) is 4.49. The van der Waals surface area contributed by atoms with Gasteiger partial charge in [0.15, 0.2) is 0 Å². The van der Waals surface area contributed by atoms with Gasteiger partial charge in [-0.15, -0.1) is 0 Å². The second-order valence-electron chi connectivity index (χ2n) is 8.79. The lowest BCUT2D eigenvalue weighted by molar-refractivity contribution is 0.0252. The maximum absolute atomic E-state index is 13.3. The number of ether oxygens (including phenoxy) is 1. The summed E-state index contributed by atoms with van der Waals surface area (Å²) in [5.41, 5.74) is 4.35. The van der Waals surface area contributed by atoms with Gasteiger partial charge in [0.2, 0.25) is 0 Å². The molecule has 1 saturated heterocycles.